The molecular weight excluding hydrogens is 302 g/mol. The van der Waals surface area contributed by atoms with Crippen molar-refractivity contribution in [2.24, 2.45) is 7.05 Å². The van der Waals surface area contributed by atoms with Crippen molar-refractivity contribution in [3.8, 4) is 0 Å². The fourth-order valence-electron chi connectivity index (χ4n) is 3.22. The summed E-state index contributed by atoms with van der Waals surface area (Å²) >= 11 is 0. The first-order chi connectivity index (χ1) is 11.7. The van der Waals surface area contributed by atoms with Crippen LogP contribution in [0.5, 0.6) is 0 Å². The number of aryl methyl sites for hydroxylation is 2. The molecule has 0 aliphatic heterocycles. The quantitative estimate of drug-likeness (QED) is 0.795. The van der Waals surface area contributed by atoms with Crippen LogP contribution in [0.3, 0.4) is 0 Å². The second kappa shape index (κ2) is 8.11. The monoisotopic (exact) mass is 327 g/mol. The predicted octanol–water partition coefficient (Wildman–Crippen LogP) is 2.56. The first kappa shape index (κ1) is 16.7. The number of rotatable bonds is 7. The summed E-state index contributed by atoms with van der Waals surface area (Å²) in [5.74, 6) is 0.0333. The van der Waals surface area contributed by atoms with E-state index in [0.717, 1.165) is 24.8 Å². The SMILES string of the molecule is Cn1cc(CC(=O)NCCCOC2CCCc3ccccc32)cn1. The van der Waals surface area contributed by atoms with Crippen molar-refractivity contribution in [2.75, 3.05) is 13.2 Å². The van der Waals surface area contributed by atoms with Gasteiger partial charge < -0.3 is 10.1 Å². The molecule has 0 radical (unpaired) electrons. The number of fused-ring (bicyclic) bond motifs is 1. The Bertz CT molecular complexity index is 681. The van der Waals surface area contributed by atoms with Gasteiger partial charge in [-0.15, -0.1) is 0 Å². The lowest BCUT2D eigenvalue weighted by Gasteiger charge is -2.25. The molecule has 1 aromatic heterocycles. The zero-order chi connectivity index (χ0) is 16.8. The van der Waals surface area contributed by atoms with Gasteiger partial charge in [-0.3, -0.25) is 9.48 Å². The van der Waals surface area contributed by atoms with Crippen LogP contribution in [0, 0.1) is 0 Å². The van der Waals surface area contributed by atoms with Crippen molar-refractivity contribution in [3.63, 3.8) is 0 Å². The minimum atomic E-state index is 0.0333. The third-order valence-corrected chi connectivity index (χ3v) is 4.40. The number of hydrogen-bond acceptors (Lipinski definition) is 3. The van der Waals surface area contributed by atoms with E-state index in [9.17, 15) is 4.79 Å². The highest BCUT2D eigenvalue weighted by Crippen LogP contribution is 2.32. The van der Waals surface area contributed by atoms with Gasteiger partial charge in [-0.25, -0.2) is 0 Å². The third-order valence-electron chi connectivity index (χ3n) is 4.40. The number of amides is 1. The van der Waals surface area contributed by atoms with E-state index in [-0.39, 0.29) is 12.0 Å². The number of aromatic nitrogens is 2. The maximum absolute atomic E-state index is 11.9. The standard InChI is InChI=1S/C19H25N3O2/c1-22-14-15(13-21-22)12-19(23)20-10-5-11-24-18-9-4-7-16-6-2-3-8-17(16)18/h2-3,6,8,13-14,18H,4-5,7,9-12H2,1H3,(H,20,23). The van der Waals surface area contributed by atoms with Crippen LogP contribution >= 0.6 is 0 Å². The predicted molar refractivity (Wildman–Crippen MR) is 92.6 cm³/mol. The van der Waals surface area contributed by atoms with Gasteiger partial charge in [0.25, 0.3) is 0 Å². The van der Waals surface area contributed by atoms with Crippen molar-refractivity contribution in [2.45, 2.75) is 38.2 Å². The molecule has 0 saturated carbocycles. The number of nitrogens with one attached hydrogen (secondary N) is 1. The molecule has 0 bridgehead atoms. The Morgan fingerprint density at radius 3 is 3.12 bits per heavy atom. The van der Waals surface area contributed by atoms with Gasteiger partial charge in [-0.2, -0.15) is 5.10 Å². The minimum Gasteiger partial charge on any atom is -0.373 e. The summed E-state index contributed by atoms with van der Waals surface area (Å²) in [5.41, 5.74) is 3.69. The van der Waals surface area contributed by atoms with E-state index in [0.29, 0.717) is 19.6 Å². The summed E-state index contributed by atoms with van der Waals surface area (Å²) in [7, 11) is 1.85. The Hall–Kier alpha value is -2.14. The highest BCUT2D eigenvalue weighted by atomic mass is 16.5. The molecule has 1 aromatic carbocycles. The molecule has 1 unspecified atom stereocenters. The van der Waals surface area contributed by atoms with Crippen LogP contribution in [0.1, 0.15) is 42.1 Å². The number of carbonyl (C=O) groups is 1. The molecule has 5 heteroatoms. The summed E-state index contributed by atoms with van der Waals surface area (Å²) in [6, 6.07) is 8.55. The molecular formula is C19H25N3O2. The molecule has 0 spiro atoms. The average molecular weight is 327 g/mol. The summed E-state index contributed by atoms with van der Waals surface area (Å²) in [5, 5.41) is 7.01. The summed E-state index contributed by atoms with van der Waals surface area (Å²) < 4.78 is 7.76. The van der Waals surface area contributed by atoms with Gasteiger partial charge in [-0.1, -0.05) is 24.3 Å². The maximum atomic E-state index is 11.9. The Morgan fingerprint density at radius 1 is 1.42 bits per heavy atom. The molecule has 1 atom stereocenters. The minimum absolute atomic E-state index is 0.0333. The van der Waals surface area contributed by atoms with Crippen molar-refractivity contribution < 1.29 is 9.53 Å². The highest BCUT2D eigenvalue weighted by molar-refractivity contribution is 5.78. The van der Waals surface area contributed by atoms with E-state index in [4.69, 9.17) is 4.74 Å². The molecule has 1 N–H and O–H groups in total. The van der Waals surface area contributed by atoms with Gasteiger partial charge in [0, 0.05) is 26.4 Å². The molecule has 1 heterocycles. The number of ether oxygens (including phenoxy) is 1. The Labute approximate surface area is 143 Å². The first-order valence-electron chi connectivity index (χ1n) is 8.66. The Balaban J connectivity index is 1.35. The molecule has 0 saturated heterocycles. The molecule has 1 aliphatic carbocycles. The van der Waals surface area contributed by atoms with E-state index in [1.54, 1.807) is 10.9 Å². The maximum Gasteiger partial charge on any atom is 0.224 e. The molecule has 0 fully saturated rings. The molecule has 1 amide bonds. The normalized spacial score (nSPS) is 16.6. The average Bonchev–Trinajstić information content (AvgIpc) is 2.99. The summed E-state index contributed by atoms with van der Waals surface area (Å²) in [4.78, 5) is 11.9. The first-order valence-corrected chi connectivity index (χ1v) is 8.66. The lowest BCUT2D eigenvalue weighted by atomic mass is 9.89. The topological polar surface area (TPSA) is 56.2 Å². The van der Waals surface area contributed by atoms with Crippen LogP contribution in [0.15, 0.2) is 36.7 Å². The van der Waals surface area contributed by atoms with Crippen LogP contribution < -0.4 is 5.32 Å². The van der Waals surface area contributed by atoms with Gasteiger partial charge in [-0.05, 0) is 42.4 Å². The number of carbonyl (C=O) groups excluding carboxylic acids is 1. The Kier molecular flexibility index (Phi) is 5.64. The Morgan fingerprint density at radius 2 is 2.29 bits per heavy atom. The zero-order valence-corrected chi connectivity index (χ0v) is 14.2. The second-order valence-electron chi connectivity index (χ2n) is 6.35. The third kappa shape index (κ3) is 4.45. The van der Waals surface area contributed by atoms with Crippen molar-refractivity contribution in [1.29, 1.82) is 0 Å². The van der Waals surface area contributed by atoms with Crippen molar-refractivity contribution in [3.05, 3.63) is 53.3 Å². The van der Waals surface area contributed by atoms with E-state index >= 15 is 0 Å². The number of hydrogen-bond donors (Lipinski definition) is 1. The molecule has 2 aromatic rings. The molecule has 1 aliphatic rings. The van der Waals surface area contributed by atoms with Crippen LogP contribution in [0.2, 0.25) is 0 Å². The number of nitrogens with zero attached hydrogens (tertiary/aromatic N) is 2. The van der Waals surface area contributed by atoms with E-state index in [2.05, 4.69) is 34.7 Å². The lowest BCUT2D eigenvalue weighted by molar-refractivity contribution is -0.120. The smallest absolute Gasteiger partial charge is 0.224 e. The van der Waals surface area contributed by atoms with Crippen molar-refractivity contribution >= 4 is 5.91 Å². The van der Waals surface area contributed by atoms with Gasteiger partial charge in [0.05, 0.1) is 18.7 Å². The van der Waals surface area contributed by atoms with Gasteiger partial charge in [0.2, 0.25) is 5.91 Å². The van der Waals surface area contributed by atoms with Crippen molar-refractivity contribution in [1.82, 2.24) is 15.1 Å². The van der Waals surface area contributed by atoms with Crippen LogP contribution in [0.25, 0.3) is 0 Å². The van der Waals surface area contributed by atoms with Crippen LogP contribution in [-0.2, 0) is 29.4 Å². The number of benzene rings is 1. The van der Waals surface area contributed by atoms with E-state index in [1.165, 1.54) is 17.5 Å². The van der Waals surface area contributed by atoms with E-state index in [1.807, 2.05) is 13.2 Å². The van der Waals surface area contributed by atoms with Gasteiger partial charge in [0.15, 0.2) is 0 Å². The molecule has 5 nitrogen and oxygen atoms in total. The van der Waals surface area contributed by atoms with Crippen LogP contribution in [0.4, 0.5) is 0 Å². The summed E-state index contributed by atoms with van der Waals surface area (Å²) in [6.07, 6.45) is 8.43. The fraction of sp³-hybridized carbons (Fsp3) is 0.474. The van der Waals surface area contributed by atoms with Crippen LogP contribution in [-0.4, -0.2) is 28.8 Å². The second-order valence-corrected chi connectivity index (χ2v) is 6.35. The molecule has 3 rings (SSSR count). The van der Waals surface area contributed by atoms with Gasteiger partial charge >= 0.3 is 0 Å². The molecule has 128 valence electrons. The molecule has 24 heavy (non-hydrogen) atoms. The largest absolute Gasteiger partial charge is 0.373 e. The summed E-state index contributed by atoms with van der Waals surface area (Å²) in [6.45, 7) is 1.32. The lowest BCUT2D eigenvalue weighted by Crippen LogP contribution is -2.27. The fourth-order valence-corrected chi connectivity index (χ4v) is 3.22. The van der Waals surface area contributed by atoms with Gasteiger partial charge in [0.1, 0.15) is 0 Å². The van der Waals surface area contributed by atoms with E-state index < -0.39 is 0 Å². The zero-order valence-electron chi connectivity index (χ0n) is 14.2. The highest BCUT2D eigenvalue weighted by Gasteiger charge is 2.19.